The molecular weight excluding hydrogens is 331 g/mol. The van der Waals surface area contributed by atoms with E-state index < -0.39 is 0 Å². The second-order valence-electron chi connectivity index (χ2n) is 7.02. The largest absolute Gasteiger partial charge is 0.372 e. The summed E-state index contributed by atoms with van der Waals surface area (Å²) in [6.45, 7) is 1.91. The number of nitrogens with zero attached hydrogens (tertiary/aromatic N) is 1. The number of likely N-dealkylation sites (tertiary alicyclic amines) is 1. The summed E-state index contributed by atoms with van der Waals surface area (Å²) in [5.74, 6) is -0.259. The predicted molar refractivity (Wildman–Crippen MR) is 98.3 cm³/mol. The summed E-state index contributed by atoms with van der Waals surface area (Å²) in [6.07, 6.45) is 3.96. The molecule has 2 aliphatic heterocycles. The van der Waals surface area contributed by atoms with Crippen molar-refractivity contribution in [2.75, 3.05) is 11.9 Å². The van der Waals surface area contributed by atoms with Crippen molar-refractivity contribution >= 4 is 11.7 Å². The molecule has 2 heterocycles. The number of carbonyl (C=O) groups is 1. The van der Waals surface area contributed by atoms with Gasteiger partial charge < -0.3 is 15.0 Å². The van der Waals surface area contributed by atoms with Gasteiger partial charge in [-0.1, -0.05) is 31.0 Å². The first-order chi connectivity index (χ1) is 12.7. The summed E-state index contributed by atoms with van der Waals surface area (Å²) in [6, 6.07) is 12.3. The second kappa shape index (κ2) is 7.46. The van der Waals surface area contributed by atoms with Crippen molar-refractivity contribution in [2.45, 2.75) is 44.9 Å². The topological polar surface area (TPSA) is 41.6 Å². The molecule has 0 spiro atoms. The molecule has 1 N–H and O–H groups in total. The van der Waals surface area contributed by atoms with Crippen LogP contribution in [0, 0.1) is 5.82 Å². The monoisotopic (exact) mass is 354 g/mol. The lowest BCUT2D eigenvalue weighted by atomic mass is 10.0. The smallest absolute Gasteiger partial charge is 0.322 e. The van der Waals surface area contributed by atoms with Gasteiger partial charge in [0, 0.05) is 12.2 Å². The number of fused-ring (bicyclic) bond motifs is 1. The summed E-state index contributed by atoms with van der Waals surface area (Å²) >= 11 is 0. The van der Waals surface area contributed by atoms with E-state index in [1.165, 1.54) is 11.6 Å². The van der Waals surface area contributed by atoms with Crippen LogP contribution in [0.1, 0.15) is 48.4 Å². The highest BCUT2D eigenvalue weighted by Gasteiger charge is 2.27. The van der Waals surface area contributed by atoms with Gasteiger partial charge in [-0.2, -0.15) is 0 Å². The van der Waals surface area contributed by atoms with Crippen molar-refractivity contribution in [3.63, 3.8) is 0 Å². The van der Waals surface area contributed by atoms with Crippen molar-refractivity contribution < 1.29 is 13.9 Å². The van der Waals surface area contributed by atoms with Gasteiger partial charge >= 0.3 is 6.03 Å². The number of rotatable bonds is 2. The van der Waals surface area contributed by atoms with E-state index in [9.17, 15) is 9.18 Å². The Morgan fingerprint density at radius 3 is 2.85 bits per heavy atom. The molecule has 4 rings (SSSR count). The third-order valence-corrected chi connectivity index (χ3v) is 5.22. The normalized spacial score (nSPS) is 19.7. The molecule has 0 aliphatic carbocycles. The number of ether oxygens (including phenoxy) is 1. The molecule has 1 fully saturated rings. The molecule has 0 unspecified atom stereocenters. The molecule has 0 saturated carbocycles. The van der Waals surface area contributed by atoms with Crippen LogP contribution in [0.25, 0.3) is 0 Å². The zero-order valence-electron chi connectivity index (χ0n) is 14.7. The van der Waals surface area contributed by atoms with E-state index in [1.54, 1.807) is 12.1 Å². The Morgan fingerprint density at radius 2 is 1.96 bits per heavy atom. The summed E-state index contributed by atoms with van der Waals surface area (Å²) in [4.78, 5) is 14.8. The third kappa shape index (κ3) is 3.58. The van der Waals surface area contributed by atoms with E-state index in [2.05, 4.69) is 5.32 Å². The Morgan fingerprint density at radius 1 is 1.08 bits per heavy atom. The number of nitrogens with one attached hydrogen (secondary N) is 1. The van der Waals surface area contributed by atoms with Gasteiger partial charge in [-0.05, 0) is 53.8 Å². The minimum absolute atomic E-state index is 0.0917. The van der Waals surface area contributed by atoms with Crippen molar-refractivity contribution in [3.05, 3.63) is 65.0 Å². The van der Waals surface area contributed by atoms with Crippen LogP contribution in [0.2, 0.25) is 0 Å². The van der Waals surface area contributed by atoms with Crippen LogP contribution in [-0.2, 0) is 18.0 Å². The van der Waals surface area contributed by atoms with Crippen LogP contribution in [-0.4, -0.2) is 17.5 Å². The van der Waals surface area contributed by atoms with Gasteiger partial charge in [0.05, 0.1) is 19.3 Å². The Hall–Kier alpha value is -2.40. The van der Waals surface area contributed by atoms with Gasteiger partial charge in [-0.25, -0.2) is 9.18 Å². The number of hydrogen-bond acceptors (Lipinski definition) is 2. The zero-order chi connectivity index (χ0) is 17.9. The van der Waals surface area contributed by atoms with Crippen LogP contribution >= 0.6 is 0 Å². The van der Waals surface area contributed by atoms with Crippen LogP contribution in [0.5, 0.6) is 0 Å². The number of carbonyl (C=O) groups excluding carboxylic acids is 1. The van der Waals surface area contributed by atoms with Gasteiger partial charge in [0.2, 0.25) is 0 Å². The van der Waals surface area contributed by atoms with Crippen LogP contribution < -0.4 is 5.32 Å². The van der Waals surface area contributed by atoms with Gasteiger partial charge in [0.15, 0.2) is 0 Å². The summed E-state index contributed by atoms with van der Waals surface area (Å²) in [5.41, 5.74) is 3.95. The standard InChI is InChI=1S/C21H23FN2O2/c22-18-6-4-5-15(11-18)20-7-2-1-3-10-24(20)21(25)23-19-9-8-16-13-26-14-17(16)12-19/h4-6,8-9,11-12,20H,1-3,7,10,13-14H2,(H,23,25)/t20-/m0/s1. The number of amides is 2. The van der Waals surface area contributed by atoms with E-state index in [0.717, 1.165) is 42.5 Å². The molecule has 0 aromatic heterocycles. The van der Waals surface area contributed by atoms with Gasteiger partial charge in [-0.15, -0.1) is 0 Å². The van der Waals surface area contributed by atoms with E-state index in [-0.39, 0.29) is 17.9 Å². The predicted octanol–water partition coefficient (Wildman–Crippen LogP) is 5.01. The van der Waals surface area contributed by atoms with Crippen molar-refractivity contribution in [3.8, 4) is 0 Å². The lowest BCUT2D eigenvalue weighted by molar-refractivity contribution is 0.134. The molecule has 2 aromatic rings. The maximum absolute atomic E-state index is 13.7. The molecular formula is C21H23FN2O2. The van der Waals surface area contributed by atoms with E-state index in [4.69, 9.17) is 4.74 Å². The van der Waals surface area contributed by atoms with Crippen molar-refractivity contribution in [1.29, 1.82) is 0 Å². The summed E-state index contributed by atoms with van der Waals surface area (Å²) < 4.78 is 19.1. The number of hydrogen-bond donors (Lipinski definition) is 1. The molecule has 4 nitrogen and oxygen atoms in total. The molecule has 2 aliphatic rings. The molecule has 136 valence electrons. The molecule has 2 amide bonds. The molecule has 0 bridgehead atoms. The lowest BCUT2D eigenvalue weighted by Crippen LogP contribution is -2.38. The highest BCUT2D eigenvalue weighted by Crippen LogP contribution is 2.31. The fourth-order valence-electron chi connectivity index (χ4n) is 3.86. The maximum atomic E-state index is 13.7. The average molecular weight is 354 g/mol. The first-order valence-corrected chi connectivity index (χ1v) is 9.23. The molecule has 5 heteroatoms. The molecule has 26 heavy (non-hydrogen) atoms. The van der Waals surface area contributed by atoms with Gasteiger partial charge in [0.1, 0.15) is 5.82 Å². The minimum Gasteiger partial charge on any atom is -0.372 e. The van der Waals surface area contributed by atoms with Gasteiger partial charge in [0.25, 0.3) is 0 Å². The van der Waals surface area contributed by atoms with Gasteiger partial charge in [-0.3, -0.25) is 0 Å². The number of urea groups is 1. The van der Waals surface area contributed by atoms with Crippen molar-refractivity contribution in [2.24, 2.45) is 0 Å². The van der Waals surface area contributed by atoms with Crippen LogP contribution in [0.4, 0.5) is 14.9 Å². The Balaban J connectivity index is 1.55. The first kappa shape index (κ1) is 17.0. The molecule has 1 saturated heterocycles. The Labute approximate surface area is 153 Å². The van der Waals surface area contributed by atoms with Crippen molar-refractivity contribution in [1.82, 2.24) is 4.90 Å². The highest BCUT2D eigenvalue weighted by molar-refractivity contribution is 5.89. The Bertz CT molecular complexity index is 808. The molecule has 0 radical (unpaired) electrons. The Kier molecular flexibility index (Phi) is 4.89. The number of halogens is 1. The second-order valence-corrected chi connectivity index (χ2v) is 7.02. The SMILES string of the molecule is O=C(Nc1ccc2c(c1)COC2)N1CCCCC[C@H]1c1cccc(F)c1. The van der Waals surface area contributed by atoms with E-state index in [0.29, 0.717) is 19.8 Å². The van der Waals surface area contributed by atoms with Crippen LogP contribution in [0.15, 0.2) is 42.5 Å². The quantitative estimate of drug-likeness (QED) is 0.824. The average Bonchev–Trinajstić information content (AvgIpc) is 2.96. The molecule has 1 atom stereocenters. The van der Waals surface area contributed by atoms with E-state index >= 15 is 0 Å². The fourth-order valence-corrected chi connectivity index (χ4v) is 3.86. The summed E-state index contributed by atoms with van der Waals surface area (Å²) in [7, 11) is 0. The van der Waals surface area contributed by atoms with E-state index in [1.807, 2.05) is 29.2 Å². The first-order valence-electron chi connectivity index (χ1n) is 9.23. The fraction of sp³-hybridized carbons (Fsp3) is 0.381. The third-order valence-electron chi connectivity index (χ3n) is 5.22. The number of anilines is 1. The highest BCUT2D eigenvalue weighted by atomic mass is 19.1. The zero-order valence-corrected chi connectivity index (χ0v) is 14.7. The lowest BCUT2D eigenvalue weighted by Gasteiger charge is -2.30. The van der Waals surface area contributed by atoms with Crippen LogP contribution in [0.3, 0.4) is 0 Å². The summed E-state index contributed by atoms with van der Waals surface area (Å²) in [5, 5.41) is 3.02. The number of benzene rings is 2. The minimum atomic E-state index is -0.259. The molecule has 2 aromatic carbocycles. The maximum Gasteiger partial charge on any atom is 0.322 e.